The van der Waals surface area contributed by atoms with Gasteiger partial charge < -0.3 is 15.8 Å². The maximum atomic E-state index is 11.9. The van der Waals surface area contributed by atoms with Crippen LogP contribution in [0.3, 0.4) is 0 Å². The third-order valence-electron chi connectivity index (χ3n) is 3.75. The summed E-state index contributed by atoms with van der Waals surface area (Å²) in [6.07, 6.45) is 2.34. The number of carbonyl (C=O) groups is 1. The van der Waals surface area contributed by atoms with Crippen molar-refractivity contribution in [3.05, 3.63) is 0 Å². The van der Waals surface area contributed by atoms with E-state index in [-0.39, 0.29) is 17.0 Å². The molecule has 0 spiro atoms. The van der Waals surface area contributed by atoms with Gasteiger partial charge in [-0.15, -0.1) is 0 Å². The van der Waals surface area contributed by atoms with Gasteiger partial charge in [-0.1, -0.05) is 20.8 Å². The van der Waals surface area contributed by atoms with E-state index in [1.165, 1.54) is 0 Å². The lowest BCUT2D eigenvalue weighted by molar-refractivity contribution is 0.0424. The normalized spacial score (nSPS) is 18.3. The molecule has 2 atom stereocenters. The first-order valence-corrected chi connectivity index (χ1v) is 7.20. The van der Waals surface area contributed by atoms with Crippen LogP contribution in [-0.4, -0.2) is 23.8 Å². The van der Waals surface area contributed by atoms with Crippen molar-refractivity contribution in [1.29, 1.82) is 0 Å². The van der Waals surface area contributed by atoms with Crippen LogP contribution in [0.2, 0.25) is 0 Å². The number of nitrogens with two attached hydrogens (primary N) is 1. The van der Waals surface area contributed by atoms with Crippen molar-refractivity contribution in [3.8, 4) is 0 Å². The zero-order chi connectivity index (χ0) is 15.3. The molecule has 19 heavy (non-hydrogen) atoms. The molecular formula is C15H32N2O2. The quantitative estimate of drug-likeness (QED) is 0.778. The van der Waals surface area contributed by atoms with Gasteiger partial charge in [0.2, 0.25) is 0 Å². The van der Waals surface area contributed by atoms with E-state index < -0.39 is 5.60 Å². The summed E-state index contributed by atoms with van der Waals surface area (Å²) in [5.74, 6) is 0. The molecule has 0 aromatic heterocycles. The molecule has 0 heterocycles. The van der Waals surface area contributed by atoms with Gasteiger partial charge in [0, 0.05) is 5.54 Å². The number of alkyl carbamates (subject to hydrolysis) is 1. The van der Waals surface area contributed by atoms with Gasteiger partial charge in [-0.05, 0) is 58.9 Å². The second-order valence-electron chi connectivity index (χ2n) is 7.09. The van der Waals surface area contributed by atoms with Gasteiger partial charge in [0.05, 0.1) is 0 Å². The second kappa shape index (κ2) is 6.60. The smallest absolute Gasteiger partial charge is 0.408 e. The summed E-state index contributed by atoms with van der Waals surface area (Å²) in [5, 5.41) is 3.01. The Labute approximate surface area is 118 Å². The number of ether oxygens (including phenoxy) is 1. The minimum Gasteiger partial charge on any atom is -0.444 e. The van der Waals surface area contributed by atoms with Crippen LogP contribution in [0.25, 0.3) is 0 Å². The molecule has 0 aliphatic carbocycles. The number of hydrogen-bond donors (Lipinski definition) is 2. The molecule has 3 N–H and O–H groups in total. The predicted octanol–water partition coefficient (Wildman–Crippen LogP) is 3.44. The molecule has 0 fully saturated rings. The minimum atomic E-state index is -0.472. The Morgan fingerprint density at radius 2 is 1.63 bits per heavy atom. The molecule has 0 rings (SSSR count). The van der Waals surface area contributed by atoms with Crippen LogP contribution in [0.4, 0.5) is 4.79 Å². The molecule has 0 saturated carbocycles. The molecule has 4 nitrogen and oxygen atoms in total. The topological polar surface area (TPSA) is 64.3 Å². The molecule has 2 unspecified atom stereocenters. The van der Waals surface area contributed by atoms with Gasteiger partial charge in [0.15, 0.2) is 0 Å². The fraction of sp³-hybridized carbons (Fsp3) is 0.933. The Bertz CT molecular complexity index is 293. The van der Waals surface area contributed by atoms with Crippen molar-refractivity contribution in [1.82, 2.24) is 5.32 Å². The first-order valence-electron chi connectivity index (χ1n) is 7.20. The SMILES string of the molecule is CCC(C)(CN)CC(C)(CC)NC(=O)OC(C)(C)C. The molecule has 0 radical (unpaired) electrons. The van der Waals surface area contributed by atoms with Crippen molar-refractivity contribution >= 4 is 6.09 Å². The Morgan fingerprint density at radius 3 is 1.95 bits per heavy atom. The number of rotatable bonds is 6. The lowest BCUT2D eigenvalue weighted by Gasteiger charge is -2.39. The van der Waals surface area contributed by atoms with E-state index in [4.69, 9.17) is 10.5 Å². The summed E-state index contributed by atoms with van der Waals surface area (Å²) in [6, 6.07) is 0. The van der Waals surface area contributed by atoms with Crippen molar-refractivity contribution in [2.75, 3.05) is 6.54 Å². The van der Waals surface area contributed by atoms with Crippen molar-refractivity contribution in [3.63, 3.8) is 0 Å². The Hall–Kier alpha value is -0.770. The maximum absolute atomic E-state index is 11.9. The van der Waals surface area contributed by atoms with Gasteiger partial charge >= 0.3 is 6.09 Å². The third-order valence-corrected chi connectivity index (χ3v) is 3.75. The molecule has 114 valence electrons. The van der Waals surface area contributed by atoms with Crippen LogP contribution < -0.4 is 11.1 Å². The largest absolute Gasteiger partial charge is 0.444 e. The molecule has 0 aromatic carbocycles. The van der Waals surface area contributed by atoms with E-state index >= 15 is 0 Å². The zero-order valence-electron chi connectivity index (χ0n) is 13.7. The highest BCUT2D eigenvalue weighted by Crippen LogP contribution is 2.32. The van der Waals surface area contributed by atoms with Crippen LogP contribution in [-0.2, 0) is 4.74 Å². The van der Waals surface area contributed by atoms with Crippen LogP contribution in [0.5, 0.6) is 0 Å². The fourth-order valence-corrected chi connectivity index (χ4v) is 2.09. The number of nitrogens with one attached hydrogen (secondary N) is 1. The monoisotopic (exact) mass is 272 g/mol. The van der Waals surface area contributed by atoms with Crippen LogP contribution >= 0.6 is 0 Å². The summed E-state index contributed by atoms with van der Waals surface area (Å²) in [7, 11) is 0. The Kier molecular flexibility index (Phi) is 6.33. The molecule has 0 saturated heterocycles. The standard InChI is InChI=1S/C15H32N2O2/c1-8-14(6,11-16)10-15(7,9-2)17-12(18)19-13(3,4)5/h8-11,16H2,1-7H3,(H,17,18). The highest BCUT2D eigenvalue weighted by molar-refractivity contribution is 5.68. The van der Waals surface area contributed by atoms with E-state index in [1.54, 1.807) is 0 Å². The predicted molar refractivity (Wildman–Crippen MR) is 80.1 cm³/mol. The number of amides is 1. The van der Waals surface area contributed by atoms with E-state index in [0.29, 0.717) is 6.54 Å². The molecule has 4 heteroatoms. The maximum Gasteiger partial charge on any atom is 0.408 e. The molecule has 0 aliphatic rings. The van der Waals surface area contributed by atoms with Crippen LogP contribution in [0, 0.1) is 5.41 Å². The average Bonchev–Trinajstić information content (AvgIpc) is 2.26. The van der Waals surface area contributed by atoms with Gasteiger partial charge in [0.1, 0.15) is 5.60 Å². The van der Waals surface area contributed by atoms with Gasteiger partial charge in [0.25, 0.3) is 0 Å². The summed E-state index contributed by atoms with van der Waals surface area (Å²) in [4.78, 5) is 11.9. The molecule has 0 bridgehead atoms. The molecule has 1 amide bonds. The average molecular weight is 272 g/mol. The van der Waals surface area contributed by atoms with E-state index in [0.717, 1.165) is 19.3 Å². The van der Waals surface area contributed by atoms with Gasteiger partial charge in [-0.2, -0.15) is 0 Å². The molecular weight excluding hydrogens is 240 g/mol. The van der Waals surface area contributed by atoms with Crippen molar-refractivity contribution in [2.45, 2.75) is 78.9 Å². The van der Waals surface area contributed by atoms with Gasteiger partial charge in [-0.3, -0.25) is 0 Å². The Balaban J connectivity index is 4.75. The summed E-state index contributed by atoms with van der Waals surface area (Å²) in [6.45, 7) is 14.7. The van der Waals surface area contributed by atoms with Gasteiger partial charge in [-0.25, -0.2) is 4.79 Å². The fourth-order valence-electron chi connectivity index (χ4n) is 2.09. The third kappa shape index (κ3) is 6.81. The molecule has 0 aromatic rings. The minimum absolute atomic E-state index is 0.0414. The number of hydrogen-bond acceptors (Lipinski definition) is 3. The first kappa shape index (κ1) is 18.2. The van der Waals surface area contributed by atoms with Crippen LogP contribution in [0.1, 0.15) is 67.7 Å². The summed E-state index contributed by atoms with van der Waals surface area (Å²) in [5.41, 5.74) is 5.15. The lowest BCUT2D eigenvalue weighted by atomic mass is 9.75. The van der Waals surface area contributed by atoms with Crippen LogP contribution in [0.15, 0.2) is 0 Å². The Morgan fingerprint density at radius 1 is 1.11 bits per heavy atom. The number of carbonyl (C=O) groups excluding carboxylic acids is 1. The highest BCUT2D eigenvalue weighted by Gasteiger charge is 2.34. The second-order valence-corrected chi connectivity index (χ2v) is 7.09. The van der Waals surface area contributed by atoms with E-state index in [9.17, 15) is 4.79 Å². The van der Waals surface area contributed by atoms with E-state index in [2.05, 4.69) is 33.0 Å². The zero-order valence-corrected chi connectivity index (χ0v) is 13.7. The van der Waals surface area contributed by atoms with Crippen molar-refractivity contribution < 1.29 is 9.53 Å². The van der Waals surface area contributed by atoms with Crippen molar-refractivity contribution in [2.24, 2.45) is 11.1 Å². The summed E-state index contributed by atoms with van der Waals surface area (Å²) >= 11 is 0. The highest BCUT2D eigenvalue weighted by atomic mass is 16.6. The summed E-state index contributed by atoms with van der Waals surface area (Å²) < 4.78 is 5.34. The van der Waals surface area contributed by atoms with E-state index in [1.807, 2.05) is 20.8 Å². The lowest BCUT2D eigenvalue weighted by Crippen LogP contribution is -2.51. The molecule has 0 aliphatic heterocycles. The first-order chi connectivity index (χ1) is 8.49.